The lowest BCUT2D eigenvalue weighted by Gasteiger charge is -2.15. The first-order chi connectivity index (χ1) is 17.6. The number of rotatable bonds is 10. The SMILES string of the molecule is CCCCOc1nc(N)c2[nH]c(=O)n(Cc3ccc(Nc4ccc(CN5CCCC5)cc4)nc3)c2n1. The van der Waals surface area contributed by atoms with Crippen molar-refractivity contribution in [1.82, 2.24) is 29.4 Å². The van der Waals surface area contributed by atoms with Crippen molar-refractivity contribution in [3.63, 3.8) is 0 Å². The molecular weight excluding hydrogens is 456 g/mol. The summed E-state index contributed by atoms with van der Waals surface area (Å²) in [5, 5.41) is 3.34. The molecule has 0 radical (unpaired) electrons. The van der Waals surface area contributed by atoms with E-state index in [4.69, 9.17) is 10.5 Å². The highest BCUT2D eigenvalue weighted by atomic mass is 16.5. The number of H-pyrrole nitrogens is 1. The molecule has 0 spiro atoms. The number of nitrogens with two attached hydrogens (primary N) is 1. The van der Waals surface area contributed by atoms with Gasteiger partial charge >= 0.3 is 11.7 Å². The number of anilines is 3. The number of benzene rings is 1. The zero-order chi connectivity index (χ0) is 24.9. The van der Waals surface area contributed by atoms with Crippen LogP contribution in [-0.2, 0) is 13.1 Å². The number of hydrogen-bond acceptors (Lipinski definition) is 8. The summed E-state index contributed by atoms with van der Waals surface area (Å²) in [7, 11) is 0. The van der Waals surface area contributed by atoms with Gasteiger partial charge in [-0.3, -0.25) is 9.47 Å². The Morgan fingerprint density at radius 3 is 2.56 bits per heavy atom. The molecular formula is C26H32N8O2. The number of imidazole rings is 1. The quantitative estimate of drug-likeness (QED) is 0.289. The van der Waals surface area contributed by atoms with E-state index in [-0.39, 0.29) is 17.5 Å². The van der Waals surface area contributed by atoms with Crippen LogP contribution in [0.1, 0.15) is 43.7 Å². The maximum absolute atomic E-state index is 12.6. The van der Waals surface area contributed by atoms with Gasteiger partial charge in [0, 0.05) is 18.4 Å². The first-order valence-corrected chi connectivity index (χ1v) is 12.5. The van der Waals surface area contributed by atoms with Crippen LogP contribution in [0.4, 0.5) is 17.3 Å². The summed E-state index contributed by atoms with van der Waals surface area (Å²) >= 11 is 0. The number of aromatic amines is 1. The van der Waals surface area contributed by atoms with Crippen LogP contribution in [0.25, 0.3) is 11.2 Å². The number of nitrogens with one attached hydrogen (secondary N) is 2. The van der Waals surface area contributed by atoms with E-state index in [1.165, 1.54) is 36.1 Å². The topological polar surface area (TPSA) is 127 Å². The molecule has 4 N–H and O–H groups in total. The lowest BCUT2D eigenvalue weighted by atomic mass is 10.2. The fourth-order valence-electron chi connectivity index (χ4n) is 4.36. The van der Waals surface area contributed by atoms with Crippen molar-refractivity contribution in [2.24, 2.45) is 0 Å². The van der Waals surface area contributed by atoms with E-state index in [9.17, 15) is 4.79 Å². The average molecular weight is 489 g/mol. The molecule has 0 unspecified atom stereocenters. The number of nitrogens with zero attached hydrogens (tertiary/aromatic N) is 5. The summed E-state index contributed by atoms with van der Waals surface area (Å²) < 4.78 is 7.13. The highest BCUT2D eigenvalue weighted by Gasteiger charge is 2.15. The molecule has 3 aromatic heterocycles. The molecule has 1 aliphatic rings. The number of fused-ring (bicyclic) bond motifs is 1. The van der Waals surface area contributed by atoms with Crippen molar-refractivity contribution in [2.45, 2.75) is 45.7 Å². The summed E-state index contributed by atoms with van der Waals surface area (Å²) in [6.45, 7) is 6.25. The molecule has 188 valence electrons. The van der Waals surface area contributed by atoms with E-state index in [2.05, 4.69) is 61.3 Å². The molecule has 0 bridgehead atoms. The van der Waals surface area contributed by atoms with E-state index < -0.39 is 0 Å². The smallest absolute Gasteiger partial charge is 0.328 e. The number of nitrogen functional groups attached to an aromatic ring is 1. The summed E-state index contributed by atoms with van der Waals surface area (Å²) in [4.78, 5) is 31.0. The second kappa shape index (κ2) is 10.8. The fourth-order valence-corrected chi connectivity index (χ4v) is 4.36. The zero-order valence-corrected chi connectivity index (χ0v) is 20.5. The Morgan fingerprint density at radius 2 is 1.83 bits per heavy atom. The van der Waals surface area contributed by atoms with Crippen LogP contribution in [0.2, 0.25) is 0 Å². The summed E-state index contributed by atoms with van der Waals surface area (Å²) in [6.07, 6.45) is 6.22. The van der Waals surface area contributed by atoms with Gasteiger partial charge in [-0.25, -0.2) is 9.78 Å². The molecule has 1 aliphatic heterocycles. The van der Waals surface area contributed by atoms with E-state index >= 15 is 0 Å². The first-order valence-electron chi connectivity index (χ1n) is 12.5. The molecule has 4 heterocycles. The maximum atomic E-state index is 12.6. The van der Waals surface area contributed by atoms with Gasteiger partial charge in [-0.1, -0.05) is 31.5 Å². The summed E-state index contributed by atoms with van der Waals surface area (Å²) in [5.41, 5.74) is 9.70. The van der Waals surface area contributed by atoms with Gasteiger partial charge in [0.2, 0.25) is 0 Å². The van der Waals surface area contributed by atoms with Crippen LogP contribution in [0, 0.1) is 0 Å². The summed E-state index contributed by atoms with van der Waals surface area (Å²) in [6, 6.07) is 12.5. The van der Waals surface area contributed by atoms with Crippen molar-refractivity contribution in [3.05, 3.63) is 64.2 Å². The normalized spacial score (nSPS) is 13.9. The molecule has 1 aromatic carbocycles. The Balaban J connectivity index is 1.26. The van der Waals surface area contributed by atoms with Gasteiger partial charge in [0.15, 0.2) is 11.5 Å². The second-order valence-corrected chi connectivity index (χ2v) is 9.17. The Bertz CT molecular complexity index is 1360. The molecule has 0 atom stereocenters. The molecule has 36 heavy (non-hydrogen) atoms. The molecule has 10 nitrogen and oxygen atoms in total. The first kappa shape index (κ1) is 23.8. The Labute approximate surface area is 209 Å². The van der Waals surface area contributed by atoms with Crippen molar-refractivity contribution in [3.8, 4) is 6.01 Å². The highest BCUT2D eigenvalue weighted by Crippen LogP contribution is 2.20. The number of ether oxygens (including phenoxy) is 1. The Kier molecular flexibility index (Phi) is 7.13. The molecule has 0 amide bonds. The highest BCUT2D eigenvalue weighted by molar-refractivity contribution is 5.82. The van der Waals surface area contributed by atoms with Gasteiger partial charge in [-0.15, -0.1) is 0 Å². The van der Waals surface area contributed by atoms with E-state index in [1.54, 1.807) is 6.20 Å². The predicted octanol–water partition coefficient (Wildman–Crippen LogP) is 3.66. The maximum Gasteiger partial charge on any atom is 0.328 e. The van der Waals surface area contributed by atoms with Gasteiger partial charge in [0.1, 0.15) is 11.3 Å². The van der Waals surface area contributed by atoms with E-state index in [1.807, 2.05) is 12.1 Å². The molecule has 10 heteroatoms. The van der Waals surface area contributed by atoms with E-state index in [0.717, 1.165) is 36.5 Å². The number of unbranched alkanes of at least 4 members (excludes halogenated alkanes) is 1. The minimum Gasteiger partial charge on any atom is -0.463 e. The molecule has 4 aromatic rings. The molecule has 1 fully saturated rings. The minimum atomic E-state index is -0.312. The Morgan fingerprint density at radius 1 is 1.06 bits per heavy atom. The van der Waals surface area contributed by atoms with Crippen molar-refractivity contribution in [2.75, 3.05) is 30.7 Å². The average Bonchev–Trinajstić information content (AvgIpc) is 3.50. The van der Waals surface area contributed by atoms with Gasteiger partial charge in [-0.05, 0) is 61.7 Å². The monoisotopic (exact) mass is 488 g/mol. The third-order valence-electron chi connectivity index (χ3n) is 6.36. The standard InChI is InChI=1S/C26H32N8O2/c1-2-3-14-36-25-31-23(27)22-24(32-25)34(26(35)30-22)17-19-8-11-21(28-15-19)29-20-9-6-18(7-10-20)16-33-12-4-5-13-33/h6-11,15H,2-5,12-14,16-17H2,1H3,(H,28,29)(H,30,35)(H2,27,31,32). The van der Waals surface area contributed by atoms with Crippen LogP contribution >= 0.6 is 0 Å². The predicted molar refractivity (Wildman–Crippen MR) is 141 cm³/mol. The lowest BCUT2D eigenvalue weighted by molar-refractivity contribution is 0.286. The van der Waals surface area contributed by atoms with Crippen molar-refractivity contribution >= 4 is 28.5 Å². The van der Waals surface area contributed by atoms with Crippen LogP contribution in [-0.4, -0.2) is 49.1 Å². The van der Waals surface area contributed by atoms with Crippen LogP contribution in [0.3, 0.4) is 0 Å². The minimum absolute atomic E-state index is 0.172. The number of hydrogen-bond donors (Lipinski definition) is 3. The van der Waals surface area contributed by atoms with Crippen molar-refractivity contribution in [1.29, 1.82) is 0 Å². The van der Waals surface area contributed by atoms with Gasteiger partial charge in [0.25, 0.3) is 0 Å². The fraction of sp³-hybridized carbons (Fsp3) is 0.385. The van der Waals surface area contributed by atoms with Gasteiger partial charge in [0.05, 0.1) is 13.2 Å². The molecule has 0 saturated carbocycles. The largest absolute Gasteiger partial charge is 0.463 e. The van der Waals surface area contributed by atoms with Crippen LogP contribution in [0.15, 0.2) is 47.4 Å². The molecule has 0 aliphatic carbocycles. The van der Waals surface area contributed by atoms with Gasteiger partial charge in [-0.2, -0.15) is 9.97 Å². The third kappa shape index (κ3) is 5.49. The number of pyridine rings is 1. The third-order valence-corrected chi connectivity index (χ3v) is 6.36. The summed E-state index contributed by atoms with van der Waals surface area (Å²) in [5.74, 6) is 0.918. The zero-order valence-electron chi connectivity index (χ0n) is 20.5. The number of aromatic nitrogens is 5. The lowest BCUT2D eigenvalue weighted by Crippen LogP contribution is -2.18. The molecule has 5 rings (SSSR count). The number of likely N-dealkylation sites (tertiary alicyclic amines) is 1. The van der Waals surface area contributed by atoms with E-state index in [0.29, 0.717) is 24.3 Å². The van der Waals surface area contributed by atoms with Crippen LogP contribution in [0.5, 0.6) is 6.01 Å². The van der Waals surface area contributed by atoms with Crippen LogP contribution < -0.4 is 21.5 Å². The molecule has 1 saturated heterocycles. The Hall–Kier alpha value is -3.92. The van der Waals surface area contributed by atoms with Crippen molar-refractivity contribution < 1.29 is 4.74 Å². The van der Waals surface area contributed by atoms with Gasteiger partial charge < -0.3 is 20.8 Å². The second-order valence-electron chi connectivity index (χ2n) is 9.17.